The summed E-state index contributed by atoms with van der Waals surface area (Å²) >= 11 is 0. The van der Waals surface area contributed by atoms with Gasteiger partial charge in [-0.15, -0.1) is 0 Å². The first-order valence-corrected chi connectivity index (χ1v) is 9.48. The van der Waals surface area contributed by atoms with E-state index in [0.717, 1.165) is 22.7 Å². The Bertz CT molecular complexity index is 585. The number of aromatic nitrogens is 2. The van der Waals surface area contributed by atoms with Gasteiger partial charge in [0.2, 0.25) is 9.04 Å². The highest BCUT2D eigenvalue weighted by Gasteiger charge is 2.07. The van der Waals surface area contributed by atoms with Crippen molar-refractivity contribution in [3.63, 3.8) is 0 Å². The number of nitrogens with zero attached hydrogens (tertiary/aromatic N) is 3. The fourth-order valence-corrected chi connectivity index (χ4v) is 2.51. The number of rotatable bonds is 5. The molecule has 0 saturated heterocycles. The van der Waals surface area contributed by atoms with Gasteiger partial charge in [0.1, 0.15) is 11.4 Å². The highest BCUT2D eigenvalue weighted by Crippen LogP contribution is 2.31. The molecule has 5 heteroatoms. The van der Waals surface area contributed by atoms with Crippen LogP contribution in [0.15, 0.2) is 41.8 Å². The van der Waals surface area contributed by atoms with E-state index in [4.69, 9.17) is 4.43 Å². The number of hydrogen-bond acceptors (Lipinski definition) is 4. The predicted octanol–water partition coefficient (Wildman–Crippen LogP) is 3.09. The van der Waals surface area contributed by atoms with Crippen LogP contribution in [0.1, 0.15) is 11.3 Å². The Balaban J connectivity index is 2.15. The molecule has 0 amide bonds. The number of hydrogen-bond donors (Lipinski definition) is 0. The van der Waals surface area contributed by atoms with Gasteiger partial charge in [-0.3, -0.25) is 15.0 Å². The van der Waals surface area contributed by atoms with E-state index in [0.29, 0.717) is 6.42 Å². The van der Waals surface area contributed by atoms with Crippen LogP contribution in [0.5, 0.6) is 5.75 Å². The van der Waals surface area contributed by atoms with Crippen molar-refractivity contribution in [3.8, 4) is 5.75 Å². The van der Waals surface area contributed by atoms with E-state index in [-0.39, 0.29) is 0 Å². The number of benzene rings is 1. The molecule has 0 spiro atoms. The third-order valence-electron chi connectivity index (χ3n) is 2.70. The zero-order valence-electron chi connectivity index (χ0n) is 12.1. The molecule has 20 heavy (non-hydrogen) atoms. The van der Waals surface area contributed by atoms with Crippen LogP contribution in [0.4, 0.5) is 5.69 Å². The second-order valence-corrected chi connectivity index (χ2v) is 7.13. The first kappa shape index (κ1) is 14.4. The molecule has 4 nitrogen and oxygen atoms in total. The minimum atomic E-state index is -1.14. The average Bonchev–Trinajstić information content (AvgIpc) is 2.42. The second-order valence-electron chi connectivity index (χ2n) is 4.80. The van der Waals surface area contributed by atoms with Gasteiger partial charge in [0.15, 0.2) is 0 Å². The molecular weight excluding hydrogens is 266 g/mol. The molecule has 1 heterocycles. The van der Waals surface area contributed by atoms with Gasteiger partial charge in [0, 0.05) is 31.2 Å². The summed E-state index contributed by atoms with van der Waals surface area (Å²) in [4.78, 5) is 12.8. The molecule has 0 fully saturated rings. The lowest BCUT2D eigenvalue weighted by atomic mass is 10.2. The van der Waals surface area contributed by atoms with Crippen molar-refractivity contribution in [1.82, 2.24) is 9.97 Å². The van der Waals surface area contributed by atoms with Crippen LogP contribution in [0.2, 0.25) is 13.1 Å². The molecule has 1 aromatic heterocycles. The second kappa shape index (κ2) is 6.95. The van der Waals surface area contributed by atoms with Gasteiger partial charge >= 0.3 is 0 Å². The molecule has 0 unspecified atom stereocenters. The molecule has 0 aliphatic carbocycles. The lowest BCUT2D eigenvalue weighted by molar-refractivity contribution is 0.581. The monoisotopic (exact) mass is 285 g/mol. The number of aliphatic imine (C=N–C) groups is 1. The molecule has 0 saturated carbocycles. The zero-order chi connectivity index (χ0) is 14.4. The Morgan fingerprint density at radius 2 is 2.15 bits per heavy atom. The van der Waals surface area contributed by atoms with Gasteiger partial charge in [-0.25, -0.2) is 0 Å². The number of para-hydroxylation sites is 1. The summed E-state index contributed by atoms with van der Waals surface area (Å²) in [5.74, 6) is 0.877. The Kier molecular flexibility index (Phi) is 5.01. The van der Waals surface area contributed by atoms with E-state index >= 15 is 0 Å². The van der Waals surface area contributed by atoms with Crippen LogP contribution in [0.3, 0.4) is 0 Å². The zero-order valence-corrected chi connectivity index (χ0v) is 13.2. The quantitative estimate of drug-likeness (QED) is 0.626. The Hall–Kier alpha value is -2.01. The van der Waals surface area contributed by atoms with E-state index in [9.17, 15) is 0 Å². The first-order chi connectivity index (χ1) is 9.66. The lowest BCUT2D eigenvalue weighted by Gasteiger charge is -2.13. The molecule has 0 radical (unpaired) electrons. The summed E-state index contributed by atoms with van der Waals surface area (Å²) in [6.07, 6.45) is 7.64. The van der Waals surface area contributed by atoms with E-state index in [2.05, 4.69) is 28.1 Å². The van der Waals surface area contributed by atoms with E-state index in [1.165, 1.54) is 0 Å². The standard InChI is InChI=1S/C15H19N3OSi/c1-12-5-4-6-14(19-20(2)3)15(12)18-8-7-13-11-16-9-10-17-13/h4-6,8-11,20H,7H2,1-3H3. The van der Waals surface area contributed by atoms with Crippen LogP contribution in [-0.2, 0) is 6.42 Å². The lowest BCUT2D eigenvalue weighted by Crippen LogP contribution is -2.11. The molecule has 2 aromatic rings. The van der Waals surface area contributed by atoms with Crippen molar-refractivity contribution >= 4 is 20.9 Å². The number of aryl methyl sites for hydroxylation is 1. The van der Waals surface area contributed by atoms with E-state index in [1.54, 1.807) is 18.6 Å². The fourth-order valence-electron chi connectivity index (χ4n) is 1.81. The Morgan fingerprint density at radius 3 is 2.85 bits per heavy atom. The van der Waals surface area contributed by atoms with Crippen LogP contribution in [0.25, 0.3) is 0 Å². The molecule has 0 bridgehead atoms. The highest BCUT2D eigenvalue weighted by molar-refractivity contribution is 6.49. The maximum atomic E-state index is 5.93. The summed E-state index contributed by atoms with van der Waals surface area (Å²) in [5.41, 5.74) is 2.94. The van der Waals surface area contributed by atoms with Crippen molar-refractivity contribution in [2.75, 3.05) is 0 Å². The van der Waals surface area contributed by atoms with Crippen molar-refractivity contribution in [2.24, 2.45) is 4.99 Å². The maximum absolute atomic E-state index is 5.93. The molecule has 104 valence electrons. The molecular formula is C15H19N3OSi. The van der Waals surface area contributed by atoms with Gasteiger partial charge < -0.3 is 4.43 Å². The van der Waals surface area contributed by atoms with Gasteiger partial charge in [-0.2, -0.15) is 0 Å². The predicted molar refractivity (Wildman–Crippen MR) is 84.6 cm³/mol. The third-order valence-corrected chi connectivity index (χ3v) is 3.43. The summed E-state index contributed by atoms with van der Waals surface area (Å²) in [6, 6.07) is 6.03. The summed E-state index contributed by atoms with van der Waals surface area (Å²) < 4.78 is 5.93. The molecule has 1 aromatic carbocycles. The first-order valence-electron chi connectivity index (χ1n) is 6.70. The van der Waals surface area contributed by atoms with Crippen LogP contribution in [-0.4, -0.2) is 25.2 Å². The largest absolute Gasteiger partial charge is 0.546 e. The van der Waals surface area contributed by atoms with Gasteiger partial charge in [-0.1, -0.05) is 12.1 Å². The fraction of sp³-hybridized carbons (Fsp3) is 0.267. The summed E-state index contributed by atoms with van der Waals surface area (Å²) in [5, 5.41) is 0. The molecule has 2 rings (SSSR count). The summed E-state index contributed by atoms with van der Waals surface area (Å²) in [6.45, 7) is 6.34. The van der Waals surface area contributed by atoms with E-state index in [1.807, 2.05) is 31.3 Å². The smallest absolute Gasteiger partial charge is 0.229 e. The molecule has 0 aliphatic heterocycles. The van der Waals surface area contributed by atoms with Gasteiger partial charge in [0.05, 0.1) is 5.69 Å². The molecule has 0 atom stereocenters. The van der Waals surface area contributed by atoms with Gasteiger partial charge in [-0.05, 0) is 31.6 Å². The topological polar surface area (TPSA) is 47.4 Å². The van der Waals surface area contributed by atoms with Crippen molar-refractivity contribution < 1.29 is 4.43 Å². The maximum Gasteiger partial charge on any atom is 0.229 e. The van der Waals surface area contributed by atoms with Crippen LogP contribution < -0.4 is 4.43 Å². The van der Waals surface area contributed by atoms with Crippen LogP contribution in [0, 0.1) is 6.92 Å². The van der Waals surface area contributed by atoms with Crippen molar-refractivity contribution in [2.45, 2.75) is 26.4 Å². The third kappa shape index (κ3) is 3.99. The Labute approximate surface area is 121 Å². The highest BCUT2D eigenvalue weighted by atomic mass is 28.3. The Morgan fingerprint density at radius 1 is 1.30 bits per heavy atom. The van der Waals surface area contributed by atoms with E-state index < -0.39 is 9.04 Å². The van der Waals surface area contributed by atoms with Gasteiger partial charge in [0.25, 0.3) is 0 Å². The normalized spacial score (nSPS) is 11.2. The van der Waals surface area contributed by atoms with Crippen molar-refractivity contribution in [3.05, 3.63) is 48.0 Å². The molecule has 0 aliphatic rings. The molecule has 0 N–H and O–H groups in total. The minimum Gasteiger partial charge on any atom is -0.546 e. The SMILES string of the molecule is Cc1cccc(O[SiH](C)C)c1N=CCc1cnccn1. The van der Waals surface area contributed by atoms with Crippen LogP contribution >= 0.6 is 0 Å². The van der Waals surface area contributed by atoms with Crippen molar-refractivity contribution in [1.29, 1.82) is 0 Å². The minimum absolute atomic E-state index is 0.667. The average molecular weight is 285 g/mol. The summed E-state index contributed by atoms with van der Waals surface area (Å²) in [7, 11) is -1.14.